The minimum Gasteiger partial charge on any atom is -0.382 e. The van der Waals surface area contributed by atoms with Crippen LogP contribution >= 0.6 is 0 Å². The number of hydrogen-bond acceptors (Lipinski definition) is 7. The zero-order chi connectivity index (χ0) is 18.1. The van der Waals surface area contributed by atoms with Gasteiger partial charge in [-0.15, -0.1) is 0 Å². The molecule has 4 radical (unpaired) electrons. The first-order valence-corrected chi connectivity index (χ1v) is 7.90. The molecule has 0 bridgehead atoms. The summed E-state index contributed by atoms with van der Waals surface area (Å²) < 4.78 is 36.2. The average molecular weight is 342 g/mol. The van der Waals surface area contributed by atoms with Crippen LogP contribution in [0.1, 0.15) is 6.42 Å². The predicted molar refractivity (Wildman–Crippen MR) is 89.6 cm³/mol. The van der Waals surface area contributed by atoms with Gasteiger partial charge in [0.05, 0.1) is 19.3 Å². The number of rotatable bonds is 7. The molecule has 0 spiro atoms. The van der Waals surface area contributed by atoms with Crippen LogP contribution < -0.4 is 0 Å². The molecule has 0 aromatic heterocycles. The van der Waals surface area contributed by atoms with Crippen molar-refractivity contribution in [2.24, 2.45) is 0 Å². The summed E-state index contributed by atoms with van der Waals surface area (Å²) in [6.45, 7) is 1.01. The average Bonchev–Trinajstić information content (AvgIpc) is 3.07. The van der Waals surface area contributed by atoms with Crippen molar-refractivity contribution in [3.05, 3.63) is 0 Å². The molecule has 0 N–H and O–H groups in total. The fourth-order valence-corrected chi connectivity index (χ4v) is 2.92. The molecule has 9 heteroatoms. The Morgan fingerprint density at radius 2 is 1.38 bits per heavy atom. The molecule has 0 amide bonds. The van der Waals surface area contributed by atoms with Gasteiger partial charge in [-0.1, -0.05) is 0 Å². The van der Waals surface area contributed by atoms with Crippen LogP contribution in [0.15, 0.2) is 0 Å². The molecular weight excluding hydrogens is 314 g/mol. The van der Waals surface area contributed by atoms with Gasteiger partial charge in [0.25, 0.3) is 0 Å². The first kappa shape index (κ1) is 21.9. The molecule has 2 aliphatic rings. The summed E-state index contributed by atoms with van der Waals surface area (Å²) in [7, 11) is 19.4. The standard InChI is InChI=1S/C8H15BO4.C7H13BO3/c1-10-4-5-6(11-2)7(12-3)8(9)13-5;1-9-4-6-5(10-2)3-7(8)11-6/h5-8H,4H2,1-3H3;5-7H,3-4H2,1-2H3/t5-,6+,7?,8-;5-,6-,7-/m11/s1. The van der Waals surface area contributed by atoms with E-state index in [4.69, 9.17) is 48.9 Å². The molecule has 2 heterocycles. The minimum atomic E-state index is -0.435. The van der Waals surface area contributed by atoms with E-state index in [1.165, 1.54) is 0 Å². The van der Waals surface area contributed by atoms with Gasteiger partial charge in [-0.3, -0.25) is 0 Å². The van der Waals surface area contributed by atoms with Crippen LogP contribution in [0.2, 0.25) is 0 Å². The Morgan fingerprint density at radius 1 is 0.792 bits per heavy atom. The monoisotopic (exact) mass is 342 g/mol. The number of ether oxygens (including phenoxy) is 7. The molecule has 7 atom stereocenters. The van der Waals surface area contributed by atoms with Gasteiger partial charge in [0, 0.05) is 47.6 Å². The van der Waals surface area contributed by atoms with Crippen LogP contribution in [0, 0.1) is 0 Å². The van der Waals surface area contributed by atoms with Crippen molar-refractivity contribution in [1.29, 1.82) is 0 Å². The molecule has 1 unspecified atom stereocenters. The zero-order valence-electron chi connectivity index (χ0n) is 15.2. The van der Waals surface area contributed by atoms with Crippen LogP contribution in [0.5, 0.6) is 0 Å². The maximum absolute atomic E-state index is 5.69. The van der Waals surface area contributed by atoms with Gasteiger partial charge in [0.1, 0.15) is 40.1 Å². The molecule has 0 aromatic rings. The molecule has 2 fully saturated rings. The highest BCUT2D eigenvalue weighted by Gasteiger charge is 2.42. The third-order valence-corrected chi connectivity index (χ3v) is 4.08. The van der Waals surface area contributed by atoms with Crippen molar-refractivity contribution in [2.75, 3.05) is 48.8 Å². The molecular formula is C15H28B2O7. The lowest BCUT2D eigenvalue weighted by atomic mass is 9.93. The summed E-state index contributed by atoms with van der Waals surface area (Å²) in [6.07, 6.45) is 0.329. The highest BCUT2D eigenvalue weighted by Crippen LogP contribution is 2.24. The summed E-state index contributed by atoms with van der Waals surface area (Å²) in [5, 5.41) is 0. The Labute approximate surface area is 147 Å². The largest absolute Gasteiger partial charge is 0.382 e. The second-order valence-electron chi connectivity index (χ2n) is 5.67. The van der Waals surface area contributed by atoms with Crippen molar-refractivity contribution in [1.82, 2.24) is 0 Å². The Bertz CT molecular complexity index is 337. The van der Waals surface area contributed by atoms with Gasteiger partial charge in [-0.25, -0.2) is 0 Å². The minimum absolute atomic E-state index is 0.000000000000000222. The van der Waals surface area contributed by atoms with E-state index < -0.39 is 6.00 Å². The maximum Gasteiger partial charge on any atom is 0.113 e. The highest BCUT2D eigenvalue weighted by molar-refractivity contribution is 6.11. The van der Waals surface area contributed by atoms with E-state index in [9.17, 15) is 0 Å². The SMILES string of the molecule is [B][C@@H]1O[C@H](COC)[C@H](OC)C1OC.[B][C@H]1C[C@@H](OC)[C@@H](COC)O1. The van der Waals surface area contributed by atoms with Crippen molar-refractivity contribution >= 4 is 15.7 Å². The first-order valence-electron chi connectivity index (χ1n) is 7.90. The van der Waals surface area contributed by atoms with Gasteiger partial charge in [-0.05, 0) is 6.42 Å². The van der Waals surface area contributed by atoms with Crippen LogP contribution in [0.4, 0.5) is 0 Å². The van der Waals surface area contributed by atoms with Crippen LogP contribution in [0.3, 0.4) is 0 Å². The van der Waals surface area contributed by atoms with E-state index in [1.807, 2.05) is 0 Å². The lowest BCUT2D eigenvalue weighted by Gasteiger charge is -2.20. The first-order chi connectivity index (χ1) is 11.5. The van der Waals surface area contributed by atoms with Crippen molar-refractivity contribution < 1.29 is 33.2 Å². The summed E-state index contributed by atoms with van der Waals surface area (Å²) in [4.78, 5) is 0. The van der Waals surface area contributed by atoms with Crippen LogP contribution in [-0.2, 0) is 33.2 Å². The Balaban J connectivity index is 0.000000243. The van der Waals surface area contributed by atoms with E-state index in [2.05, 4.69) is 0 Å². The van der Waals surface area contributed by atoms with E-state index in [0.29, 0.717) is 13.2 Å². The zero-order valence-corrected chi connectivity index (χ0v) is 15.2. The van der Waals surface area contributed by atoms with Gasteiger partial charge < -0.3 is 33.2 Å². The van der Waals surface area contributed by atoms with Gasteiger partial charge >= 0.3 is 0 Å². The normalized spacial score (nSPS) is 38.8. The van der Waals surface area contributed by atoms with Crippen molar-refractivity contribution in [3.8, 4) is 0 Å². The summed E-state index contributed by atoms with van der Waals surface area (Å²) in [5.74, 6) is 0. The summed E-state index contributed by atoms with van der Waals surface area (Å²) >= 11 is 0. The van der Waals surface area contributed by atoms with Gasteiger partial charge in [0.2, 0.25) is 0 Å². The van der Waals surface area contributed by atoms with E-state index in [0.717, 1.165) is 6.42 Å². The molecule has 0 saturated carbocycles. The fraction of sp³-hybridized carbons (Fsp3) is 1.00. The molecule has 136 valence electrons. The van der Waals surface area contributed by atoms with Crippen molar-refractivity contribution in [3.63, 3.8) is 0 Å². The summed E-state index contributed by atoms with van der Waals surface area (Å²) in [5.41, 5.74) is 0. The molecule has 0 aliphatic carbocycles. The lowest BCUT2D eigenvalue weighted by molar-refractivity contribution is -0.0463. The highest BCUT2D eigenvalue weighted by atomic mass is 16.6. The Kier molecular flexibility index (Phi) is 10.5. The van der Waals surface area contributed by atoms with Crippen molar-refractivity contribution in [2.45, 2.75) is 48.9 Å². The number of hydrogen-bond donors (Lipinski definition) is 0. The molecule has 2 saturated heterocycles. The fourth-order valence-electron chi connectivity index (χ4n) is 2.92. The van der Waals surface area contributed by atoms with E-state index in [1.54, 1.807) is 35.5 Å². The quantitative estimate of drug-likeness (QED) is 0.578. The lowest BCUT2D eigenvalue weighted by Crippen LogP contribution is -2.37. The number of methoxy groups -OCH3 is 5. The molecule has 24 heavy (non-hydrogen) atoms. The molecule has 2 aliphatic heterocycles. The second kappa shape index (κ2) is 11.5. The van der Waals surface area contributed by atoms with Gasteiger partial charge in [-0.2, -0.15) is 0 Å². The van der Waals surface area contributed by atoms with E-state index >= 15 is 0 Å². The topological polar surface area (TPSA) is 64.6 Å². The Hall–Kier alpha value is -0.150. The molecule has 2 rings (SSSR count). The maximum atomic E-state index is 5.69. The Morgan fingerprint density at radius 3 is 1.88 bits per heavy atom. The van der Waals surface area contributed by atoms with Crippen LogP contribution in [-0.4, -0.2) is 107 Å². The molecule has 0 aromatic carbocycles. The van der Waals surface area contributed by atoms with Gasteiger partial charge in [0.15, 0.2) is 0 Å². The predicted octanol–water partition coefficient (Wildman–Crippen LogP) is -0.512. The second-order valence-corrected chi connectivity index (χ2v) is 5.67. The third-order valence-electron chi connectivity index (χ3n) is 4.08. The third kappa shape index (κ3) is 5.98. The molecule has 7 nitrogen and oxygen atoms in total. The smallest absolute Gasteiger partial charge is 0.113 e. The van der Waals surface area contributed by atoms with Crippen LogP contribution in [0.25, 0.3) is 0 Å². The van der Waals surface area contributed by atoms with E-state index in [-0.39, 0.29) is 36.5 Å². The summed E-state index contributed by atoms with van der Waals surface area (Å²) in [6, 6.07) is -0.629.